The minimum Gasteiger partial charge on any atom is -0.370 e. The predicted molar refractivity (Wildman–Crippen MR) is 122 cm³/mol. The number of aryl methyl sites for hydroxylation is 1. The Labute approximate surface area is 193 Å². The van der Waals surface area contributed by atoms with Crippen molar-refractivity contribution in [3.8, 4) is 22.4 Å². The number of benzene rings is 1. The number of pyridine rings is 1. The van der Waals surface area contributed by atoms with Crippen LogP contribution in [0.3, 0.4) is 0 Å². The molecule has 1 aromatic carbocycles. The van der Waals surface area contributed by atoms with E-state index in [1.807, 2.05) is 30.3 Å². The van der Waals surface area contributed by atoms with Gasteiger partial charge in [-0.2, -0.15) is 5.10 Å². The van der Waals surface area contributed by atoms with Crippen LogP contribution in [0.1, 0.15) is 6.42 Å². The van der Waals surface area contributed by atoms with E-state index in [1.165, 1.54) is 15.6 Å². The van der Waals surface area contributed by atoms with Crippen LogP contribution in [-0.4, -0.2) is 57.8 Å². The summed E-state index contributed by atoms with van der Waals surface area (Å²) in [4.78, 5) is 28.5. The van der Waals surface area contributed by atoms with Crippen molar-refractivity contribution in [1.82, 2.24) is 19.1 Å². The first-order chi connectivity index (χ1) is 16.2. The minimum absolute atomic E-state index is 0.0735. The molecular formula is C23H24F2N6O3. The van der Waals surface area contributed by atoms with E-state index in [9.17, 15) is 18.4 Å². The monoisotopic (exact) mass is 470 g/mol. The van der Waals surface area contributed by atoms with Crippen LogP contribution in [0.5, 0.6) is 0 Å². The maximum Gasteiger partial charge on any atom is 0.273 e. The van der Waals surface area contributed by atoms with Crippen molar-refractivity contribution in [3.63, 3.8) is 0 Å². The standard InChI is InChI=1S/C23H24F2N6O3/c1-29-11-16(8-9-18(29)33)19-20(15-6-4-3-5-7-15)27-22(26)31(14-32)21(19)28-30(2)12-17-10-23(24,25)13-34-17/h3-9,11,14,17H,10,12-13H2,1-2H3,(H2,26,27)/b28-21-/t17-/m0/s1. The number of ether oxygens (including phenoxy) is 1. The molecule has 0 saturated carbocycles. The minimum atomic E-state index is -2.88. The van der Waals surface area contributed by atoms with Crippen LogP contribution in [0.2, 0.25) is 0 Å². The van der Waals surface area contributed by atoms with E-state index in [-0.39, 0.29) is 23.5 Å². The summed E-state index contributed by atoms with van der Waals surface area (Å²) < 4.78 is 34.8. The highest BCUT2D eigenvalue weighted by Crippen LogP contribution is 2.30. The van der Waals surface area contributed by atoms with Gasteiger partial charge < -0.3 is 15.0 Å². The van der Waals surface area contributed by atoms with Crippen LogP contribution < -0.4 is 16.8 Å². The first-order valence-corrected chi connectivity index (χ1v) is 10.5. The van der Waals surface area contributed by atoms with Crippen molar-refractivity contribution in [1.29, 1.82) is 0 Å². The quantitative estimate of drug-likeness (QED) is 0.434. The molecule has 11 heteroatoms. The molecule has 0 unspecified atom stereocenters. The fourth-order valence-corrected chi connectivity index (χ4v) is 3.88. The third-order valence-electron chi connectivity index (χ3n) is 5.48. The van der Waals surface area contributed by atoms with Crippen molar-refractivity contribution >= 4 is 12.4 Å². The molecule has 0 bridgehead atoms. The Morgan fingerprint density at radius 2 is 2.00 bits per heavy atom. The molecule has 2 N–H and O–H groups in total. The van der Waals surface area contributed by atoms with Crippen molar-refractivity contribution in [2.45, 2.75) is 18.4 Å². The third kappa shape index (κ3) is 4.74. The molecule has 1 fully saturated rings. The summed E-state index contributed by atoms with van der Waals surface area (Å²) in [7, 11) is 3.20. The molecule has 0 spiro atoms. The lowest BCUT2D eigenvalue weighted by Gasteiger charge is -2.20. The third-order valence-corrected chi connectivity index (χ3v) is 5.48. The van der Waals surface area contributed by atoms with E-state index < -0.39 is 25.1 Å². The topological polar surface area (TPSA) is 108 Å². The molecule has 0 radical (unpaired) electrons. The summed E-state index contributed by atoms with van der Waals surface area (Å²) in [6, 6.07) is 12.2. The van der Waals surface area contributed by atoms with Crippen LogP contribution in [0.15, 0.2) is 58.6 Å². The predicted octanol–water partition coefficient (Wildman–Crippen LogP) is 1.71. The van der Waals surface area contributed by atoms with Gasteiger partial charge in [-0.15, -0.1) is 0 Å². The van der Waals surface area contributed by atoms with E-state index >= 15 is 0 Å². The Kier molecular flexibility index (Phi) is 6.29. The molecule has 1 saturated heterocycles. The van der Waals surface area contributed by atoms with Crippen molar-refractivity contribution < 1.29 is 18.3 Å². The molecule has 178 valence electrons. The van der Waals surface area contributed by atoms with E-state index in [0.717, 1.165) is 4.57 Å². The molecular weight excluding hydrogens is 446 g/mol. The number of carbonyl (C=O) groups excluding carboxylic acids is 1. The Balaban J connectivity index is 1.94. The highest BCUT2D eigenvalue weighted by Gasteiger charge is 2.41. The number of nitrogens with zero attached hydrogens (tertiary/aromatic N) is 5. The van der Waals surface area contributed by atoms with Crippen molar-refractivity contribution in [3.05, 3.63) is 64.5 Å². The Hall–Kier alpha value is -3.86. The molecule has 1 atom stereocenters. The van der Waals surface area contributed by atoms with Gasteiger partial charge in [-0.3, -0.25) is 14.6 Å². The number of hydrogen-bond donors (Lipinski definition) is 1. The van der Waals surface area contributed by atoms with Gasteiger partial charge in [0.2, 0.25) is 17.9 Å². The molecule has 0 aliphatic carbocycles. The van der Waals surface area contributed by atoms with Crippen LogP contribution in [0.4, 0.5) is 14.7 Å². The van der Waals surface area contributed by atoms with Gasteiger partial charge >= 0.3 is 0 Å². The number of hydrogen-bond acceptors (Lipinski definition) is 7. The lowest BCUT2D eigenvalue weighted by atomic mass is 10.0. The lowest BCUT2D eigenvalue weighted by molar-refractivity contribution is -0.0110. The van der Waals surface area contributed by atoms with E-state index in [1.54, 1.807) is 26.4 Å². The summed E-state index contributed by atoms with van der Waals surface area (Å²) in [5.41, 5.74) is 8.23. The van der Waals surface area contributed by atoms with Gasteiger partial charge in [0.25, 0.3) is 5.92 Å². The summed E-state index contributed by atoms with van der Waals surface area (Å²) in [5.74, 6) is -2.98. The number of nitrogen functional groups attached to an aromatic ring is 1. The number of likely N-dealkylation sites (N-methyl/N-ethyl adjacent to an activating group) is 1. The second kappa shape index (κ2) is 9.18. The normalized spacial score (nSPS) is 17.6. The lowest BCUT2D eigenvalue weighted by Crippen LogP contribution is -2.33. The second-order valence-electron chi connectivity index (χ2n) is 8.16. The van der Waals surface area contributed by atoms with Crippen LogP contribution in [-0.2, 0) is 16.6 Å². The average molecular weight is 470 g/mol. The molecule has 9 nitrogen and oxygen atoms in total. The Morgan fingerprint density at radius 3 is 2.62 bits per heavy atom. The highest BCUT2D eigenvalue weighted by molar-refractivity contribution is 5.81. The molecule has 1 aliphatic rings. The first-order valence-electron chi connectivity index (χ1n) is 10.5. The second-order valence-corrected chi connectivity index (χ2v) is 8.16. The highest BCUT2D eigenvalue weighted by atomic mass is 19.3. The van der Waals surface area contributed by atoms with Crippen LogP contribution in [0.25, 0.3) is 22.4 Å². The number of alkyl halides is 2. The van der Waals surface area contributed by atoms with Gasteiger partial charge in [-0.25, -0.2) is 18.3 Å². The number of halogens is 2. The zero-order valence-corrected chi connectivity index (χ0v) is 18.7. The van der Waals surface area contributed by atoms with Gasteiger partial charge in [0.1, 0.15) is 6.61 Å². The number of rotatable bonds is 6. The largest absolute Gasteiger partial charge is 0.370 e. The smallest absolute Gasteiger partial charge is 0.273 e. The fraction of sp³-hybridized carbons (Fsp3) is 0.304. The van der Waals surface area contributed by atoms with Gasteiger partial charge in [-0.05, 0) is 6.07 Å². The zero-order chi connectivity index (χ0) is 24.5. The molecule has 34 heavy (non-hydrogen) atoms. The van der Waals surface area contributed by atoms with E-state index in [4.69, 9.17) is 10.5 Å². The fourth-order valence-electron chi connectivity index (χ4n) is 3.88. The van der Waals surface area contributed by atoms with Crippen molar-refractivity contribution in [2.75, 3.05) is 25.9 Å². The van der Waals surface area contributed by atoms with Gasteiger partial charge in [0, 0.05) is 43.9 Å². The van der Waals surface area contributed by atoms with Gasteiger partial charge in [0.15, 0.2) is 5.49 Å². The molecule has 4 rings (SSSR count). The van der Waals surface area contributed by atoms with Crippen molar-refractivity contribution in [2.24, 2.45) is 12.1 Å². The molecule has 3 aromatic rings. The number of carbonyl (C=O) groups is 1. The summed E-state index contributed by atoms with van der Waals surface area (Å²) >= 11 is 0. The van der Waals surface area contributed by atoms with Gasteiger partial charge in [0.05, 0.1) is 23.9 Å². The molecule has 0 amide bonds. The molecule has 2 aromatic heterocycles. The number of nitrogens with two attached hydrogens (primary N) is 1. The van der Waals surface area contributed by atoms with E-state index in [2.05, 4.69) is 10.1 Å². The van der Waals surface area contributed by atoms with Crippen LogP contribution in [0, 0.1) is 0 Å². The van der Waals surface area contributed by atoms with E-state index in [0.29, 0.717) is 28.8 Å². The summed E-state index contributed by atoms with van der Waals surface area (Å²) in [5, 5.41) is 5.98. The van der Waals surface area contributed by atoms with Gasteiger partial charge in [-0.1, -0.05) is 30.3 Å². The Bertz CT molecular complexity index is 1340. The molecule has 1 aliphatic heterocycles. The zero-order valence-electron chi connectivity index (χ0n) is 18.7. The number of anilines is 1. The average Bonchev–Trinajstić information content (AvgIpc) is 3.14. The Morgan fingerprint density at radius 1 is 1.26 bits per heavy atom. The van der Waals surface area contributed by atoms with Crippen LogP contribution >= 0.6 is 0 Å². The SMILES string of the molecule is CN(C[C@@H]1CC(F)(F)CO1)/N=c1/c(-c2ccc(=O)n(C)c2)c(-c2ccccc2)nc(N)n1C=O. The number of aromatic nitrogens is 3. The maximum atomic E-state index is 13.6. The first kappa shape index (κ1) is 23.3. The molecule has 3 heterocycles. The summed E-state index contributed by atoms with van der Waals surface area (Å²) in [6.07, 6.45) is 0.955. The maximum absolute atomic E-state index is 13.6. The summed E-state index contributed by atoms with van der Waals surface area (Å²) in [6.45, 7) is -0.562.